The Morgan fingerprint density at radius 2 is 2.00 bits per heavy atom. The molecule has 1 rings (SSSR count). The average Bonchev–Trinajstić information content (AvgIpc) is 2.13. The predicted octanol–water partition coefficient (Wildman–Crippen LogP) is -2.19. The van der Waals surface area contributed by atoms with Gasteiger partial charge < -0.3 is 25.2 Å². The van der Waals surface area contributed by atoms with E-state index in [9.17, 15) is 5.11 Å². The highest BCUT2D eigenvalue weighted by molar-refractivity contribution is 4.88. The van der Waals surface area contributed by atoms with Gasteiger partial charge in [0.1, 0.15) is 18.3 Å². The minimum absolute atomic E-state index is 1.13. The summed E-state index contributed by atoms with van der Waals surface area (Å²) >= 11 is 0. The maximum atomic E-state index is 9.24. The second kappa shape index (κ2) is 3.04. The minimum Gasteiger partial charge on any atom is -0.391 e. The van der Waals surface area contributed by atoms with Crippen molar-refractivity contribution in [1.82, 2.24) is 0 Å². The summed E-state index contributed by atoms with van der Waals surface area (Å²) in [7, 11) is 0. The van der Waals surface area contributed by atoms with Gasteiger partial charge >= 0.3 is 0 Å². The molecular formula is C6H12O5. The fourth-order valence-corrected chi connectivity index (χ4v) is 0.970. The van der Waals surface area contributed by atoms with Crippen LogP contribution in [0.5, 0.6) is 0 Å². The van der Waals surface area contributed by atoms with Gasteiger partial charge in [0.15, 0.2) is 6.29 Å². The molecule has 1 heterocycles. The van der Waals surface area contributed by atoms with E-state index in [4.69, 9.17) is 16.7 Å². The predicted molar refractivity (Wildman–Crippen MR) is 34.6 cm³/mol. The molecule has 0 radical (unpaired) electrons. The van der Waals surface area contributed by atoms with Crippen LogP contribution in [0.3, 0.4) is 0 Å². The highest BCUT2D eigenvalue weighted by Gasteiger charge is 2.43. The first kappa shape index (κ1) is 7.45. The summed E-state index contributed by atoms with van der Waals surface area (Å²) in [5, 5.41) is 36.1. The van der Waals surface area contributed by atoms with Crippen LogP contribution in [0, 0.1) is 0 Å². The van der Waals surface area contributed by atoms with Crippen LogP contribution in [-0.2, 0) is 4.74 Å². The van der Waals surface area contributed by atoms with Crippen LogP contribution >= 0.6 is 0 Å². The zero-order chi connectivity index (χ0) is 9.52. The zero-order valence-corrected chi connectivity index (χ0v) is 6.01. The molecule has 11 heavy (non-hydrogen) atoms. The molecular weight excluding hydrogens is 152 g/mol. The van der Waals surface area contributed by atoms with Crippen molar-refractivity contribution >= 4 is 0 Å². The Morgan fingerprint density at radius 1 is 1.45 bits per heavy atom. The molecule has 0 aromatic rings. The summed E-state index contributed by atoms with van der Waals surface area (Å²) in [4.78, 5) is 0. The van der Waals surface area contributed by atoms with Crippen LogP contribution in [0.4, 0.5) is 0 Å². The molecule has 0 aliphatic carbocycles. The van der Waals surface area contributed by atoms with Crippen LogP contribution in [-0.4, -0.2) is 51.1 Å². The number of ether oxygens (including phenoxy) is 1. The lowest BCUT2D eigenvalue weighted by atomic mass is 10.1. The molecule has 0 aromatic heterocycles. The van der Waals surface area contributed by atoms with Crippen molar-refractivity contribution in [3.63, 3.8) is 0 Å². The van der Waals surface area contributed by atoms with Crippen LogP contribution in [0.1, 0.15) is 8.29 Å². The van der Waals surface area contributed by atoms with Gasteiger partial charge in [-0.05, 0) is 6.92 Å². The van der Waals surface area contributed by atoms with Crippen molar-refractivity contribution in [2.75, 3.05) is 0 Å². The molecule has 1 aliphatic rings. The Labute approximate surface area is 65.3 Å². The molecule has 5 atom stereocenters. The molecule has 0 saturated carbocycles. The monoisotopic (exact) mass is 165 g/mol. The van der Waals surface area contributed by atoms with Gasteiger partial charge in [-0.2, -0.15) is 0 Å². The van der Waals surface area contributed by atoms with Gasteiger partial charge in [0.2, 0.25) is 0 Å². The number of hydrogen-bond donors (Lipinski definition) is 4. The fraction of sp³-hybridized carbons (Fsp3) is 1.00. The molecule has 0 spiro atoms. The van der Waals surface area contributed by atoms with Crippen molar-refractivity contribution in [3.8, 4) is 0 Å². The van der Waals surface area contributed by atoms with E-state index in [1.165, 1.54) is 6.92 Å². The smallest absolute Gasteiger partial charge is 0.184 e. The van der Waals surface area contributed by atoms with Gasteiger partial charge in [0.25, 0.3) is 0 Å². The van der Waals surface area contributed by atoms with E-state index in [2.05, 4.69) is 4.74 Å². The summed E-state index contributed by atoms with van der Waals surface area (Å²) in [6.45, 7) is 1.30. The molecule has 1 fully saturated rings. The Morgan fingerprint density at radius 3 is 2.18 bits per heavy atom. The summed E-state index contributed by atoms with van der Waals surface area (Å²) < 4.78 is 11.7. The summed E-state index contributed by atoms with van der Waals surface area (Å²) in [5.74, 6) is 0. The Balaban J connectivity index is 2.80. The summed E-state index contributed by atoms with van der Waals surface area (Å²) in [5.41, 5.74) is 0. The van der Waals surface area contributed by atoms with Crippen molar-refractivity contribution in [2.24, 2.45) is 0 Å². The largest absolute Gasteiger partial charge is 0.391 e. The summed E-state index contributed by atoms with van der Waals surface area (Å²) in [6.07, 6.45) is -8.10. The SMILES string of the molecule is [2H][C@@]1(O)[C@@H](O)C(O)O[C@H]1[C@@H](C)O. The van der Waals surface area contributed by atoms with E-state index in [1.807, 2.05) is 0 Å². The summed E-state index contributed by atoms with van der Waals surface area (Å²) in [6, 6.07) is 0. The number of hydrogen-bond acceptors (Lipinski definition) is 5. The van der Waals surface area contributed by atoms with Crippen LogP contribution < -0.4 is 0 Å². The number of aliphatic hydroxyl groups excluding tert-OH is 3. The Bertz CT molecular complexity index is 171. The zero-order valence-electron chi connectivity index (χ0n) is 7.01. The molecule has 66 valence electrons. The van der Waals surface area contributed by atoms with Gasteiger partial charge in [-0.15, -0.1) is 0 Å². The second-order valence-electron chi connectivity index (χ2n) is 2.56. The van der Waals surface area contributed by atoms with E-state index in [1.54, 1.807) is 0 Å². The standard InChI is InChI=1S/C6H12O5/c1-2(7)5-3(8)4(9)6(10)11-5/h2-10H,1H3/t2-,3-,4-,5+,6?/m1/s1/i3D. The molecule has 0 amide bonds. The Hall–Kier alpha value is -0.200. The van der Waals surface area contributed by atoms with Gasteiger partial charge in [0, 0.05) is 0 Å². The van der Waals surface area contributed by atoms with Gasteiger partial charge in [-0.3, -0.25) is 0 Å². The van der Waals surface area contributed by atoms with Crippen molar-refractivity contribution < 1.29 is 26.5 Å². The third-order valence-electron chi connectivity index (χ3n) is 1.59. The van der Waals surface area contributed by atoms with Crippen molar-refractivity contribution in [3.05, 3.63) is 0 Å². The fourth-order valence-electron chi connectivity index (χ4n) is 0.970. The molecule has 4 N–H and O–H groups in total. The molecule has 0 aromatic carbocycles. The molecule has 1 unspecified atom stereocenters. The third kappa shape index (κ3) is 1.52. The van der Waals surface area contributed by atoms with Crippen molar-refractivity contribution in [1.29, 1.82) is 0 Å². The highest BCUT2D eigenvalue weighted by atomic mass is 16.6. The van der Waals surface area contributed by atoms with Crippen LogP contribution in [0.15, 0.2) is 0 Å². The maximum Gasteiger partial charge on any atom is 0.184 e. The lowest BCUT2D eigenvalue weighted by molar-refractivity contribution is -0.143. The van der Waals surface area contributed by atoms with Crippen LogP contribution in [0.2, 0.25) is 0 Å². The topological polar surface area (TPSA) is 90.2 Å². The van der Waals surface area contributed by atoms with E-state index in [-0.39, 0.29) is 0 Å². The lowest BCUT2D eigenvalue weighted by Gasteiger charge is -2.16. The molecule has 1 saturated heterocycles. The minimum atomic E-state index is -2.35. The third-order valence-corrected chi connectivity index (χ3v) is 1.59. The number of rotatable bonds is 1. The van der Waals surface area contributed by atoms with Gasteiger partial charge in [-0.1, -0.05) is 0 Å². The average molecular weight is 165 g/mol. The van der Waals surface area contributed by atoms with E-state index < -0.39 is 30.7 Å². The normalized spacial score (nSPS) is 55.7. The van der Waals surface area contributed by atoms with Gasteiger partial charge in [0.05, 0.1) is 7.47 Å². The van der Waals surface area contributed by atoms with Crippen LogP contribution in [0.25, 0.3) is 0 Å². The first-order valence-corrected chi connectivity index (χ1v) is 3.29. The first-order valence-electron chi connectivity index (χ1n) is 3.79. The Kier molecular flexibility index (Phi) is 2.06. The molecule has 5 nitrogen and oxygen atoms in total. The molecule has 0 bridgehead atoms. The quantitative estimate of drug-likeness (QED) is 0.354. The lowest BCUT2D eigenvalue weighted by Crippen LogP contribution is -2.37. The first-order chi connectivity index (χ1) is 5.37. The van der Waals surface area contributed by atoms with E-state index >= 15 is 0 Å². The molecule has 5 heteroatoms. The maximum absolute atomic E-state index is 9.24. The van der Waals surface area contributed by atoms with Gasteiger partial charge in [-0.25, -0.2) is 0 Å². The van der Waals surface area contributed by atoms with E-state index in [0.717, 1.165) is 0 Å². The highest BCUT2D eigenvalue weighted by Crippen LogP contribution is 2.21. The number of aliphatic hydroxyl groups is 4. The molecule has 1 aliphatic heterocycles. The van der Waals surface area contributed by atoms with Crippen molar-refractivity contribution in [2.45, 2.75) is 37.6 Å². The van der Waals surface area contributed by atoms with E-state index in [0.29, 0.717) is 0 Å². The second-order valence-corrected chi connectivity index (χ2v) is 2.56.